The molecule has 2 N–H and O–H groups in total. The van der Waals surface area contributed by atoms with Gasteiger partial charge in [-0.05, 0) is 62.1 Å². The van der Waals surface area contributed by atoms with Gasteiger partial charge in [-0.2, -0.15) is 0 Å². The van der Waals surface area contributed by atoms with E-state index in [-0.39, 0.29) is 6.04 Å². The Morgan fingerprint density at radius 2 is 1.88 bits per heavy atom. The molecule has 1 atom stereocenters. The monoisotopic (exact) mass is 354 g/mol. The standard InChI is InChI=1S/C21H23ClN2O/c1-11-7-12(2)18-16(8-11)15-5-6-23-19(20(15)24-18)17-10-14(22)9-13(3)21(17)25-4/h7-10,19,23-24H,5-6H2,1-4H3. The predicted octanol–water partition coefficient (Wildman–Crippen LogP) is 4.99. The molecule has 2 aromatic carbocycles. The summed E-state index contributed by atoms with van der Waals surface area (Å²) in [7, 11) is 1.72. The lowest BCUT2D eigenvalue weighted by Crippen LogP contribution is -2.30. The Hall–Kier alpha value is -1.97. The van der Waals surface area contributed by atoms with Gasteiger partial charge in [0.15, 0.2) is 0 Å². The second-order valence-electron chi connectivity index (χ2n) is 7.00. The third kappa shape index (κ3) is 2.62. The lowest BCUT2D eigenvalue weighted by atomic mass is 9.92. The largest absolute Gasteiger partial charge is 0.496 e. The second-order valence-corrected chi connectivity index (χ2v) is 7.44. The van der Waals surface area contributed by atoms with Gasteiger partial charge in [-0.25, -0.2) is 0 Å². The van der Waals surface area contributed by atoms with Gasteiger partial charge < -0.3 is 15.0 Å². The summed E-state index contributed by atoms with van der Waals surface area (Å²) < 4.78 is 5.70. The van der Waals surface area contributed by atoms with E-state index >= 15 is 0 Å². The number of hydrogen-bond donors (Lipinski definition) is 2. The van der Waals surface area contributed by atoms with E-state index in [1.54, 1.807) is 7.11 Å². The number of aromatic nitrogens is 1. The molecular weight excluding hydrogens is 332 g/mol. The van der Waals surface area contributed by atoms with Gasteiger partial charge in [0.25, 0.3) is 0 Å². The van der Waals surface area contributed by atoms with Crippen molar-refractivity contribution in [1.82, 2.24) is 10.3 Å². The van der Waals surface area contributed by atoms with Crippen LogP contribution in [-0.2, 0) is 6.42 Å². The summed E-state index contributed by atoms with van der Waals surface area (Å²) >= 11 is 6.36. The van der Waals surface area contributed by atoms with Crippen LogP contribution in [0, 0.1) is 20.8 Å². The first-order valence-electron chi connectivity index (χ1n) is 8.68. The quantitative estimate of drug-likeness (QED) is 0.680. The average molecular weight is 355 g/mol. The summed E-state index contributed by atoms with van der Waals surface area (Å²) in [6.07, 6.45) is 1.02. The van der Waals surface area contributed by atoms with E-state index in [0.717, 1.165) is 34.9 Å². The summed E-state index contributed by atoms with van der Waals surface area (Å²) in [5, 5.41) is 5.73. The van der Waals surface area contributed by atoms with Crippen molar-refractivity contribution in [2.24, 2.45) is 0 Å². The maximum Gasteiger partial charge on any atom is 0.127 e. The average Bonchev–Trinajstić information content (AvgIpc) is 2.93. The van der Waals surface area contributed by atoms with E-state index in [0.29, 0.717) is 0 Å². The fourth-order valence-electron chi connectivity index (χ4n) is 4.20. The molecule has 0 radical (unpaired) electrons. The predicted molar refractivity (Wildman–Crippen MR) is 104 cm³/mol. The van der Waals surface area contributed by atoms with Crippen LogP contribution in [0.15, 0.2) is 24.3 Å². The molecule has 4 rings (SSSR count). The Balaban J connectivity index is 1.96. The van der Waals surface area contributed by atoms with E-state index in [1.807, 2.05) is 19.1 Å². The van der Waals surface area contributed by atoms with Gasteiger partial charge in [-0.1, -0.05) is 23.2 Å². The molecule has 0 saturated carbocycles. The van der Waals surface area contributed by atoms with Gasteiger partial charge >= 0.3 is 0 Å². The molecule has 1 aliphatic heterocycles. The molecule has 1 unspecified atom stereocenters. The lowest BCUT2D eigenvalue weighted by molar-refractivity contribution is 0.399. The Morgan fingerprint density at radius 1 is 1.08 bits per heavy atom. The van der Waals surface area contributed by atoms with E-state index in [1.165, 1.54) is 33.3 Å². The zero-order valence-electron chi connectivity index (χ0n) is 15.1. The molecule has 0 bridgehead atoms. The van der Waals surface area contributed by atoms with Crippen LogP contribution < -0.4 is 10.1 Å². The third-order valence-corrected chi connectivity index (χ3v) is 5.40. The molecule has 3 aromatic rings. The maximum atomic E-state index is 6.36. The first-order valence-corrected chi connectivity index (χ1v) is 9.06. The summed E-state index contributed by atoms with van der Waals surface area (Å²) in [5.41, 5.74) is 8.62. The molecule has 0 spiro atoms. The van der Waals surface area contributed by atoms with Crippen LogP contribution in [0.1, 0.15) is 39.6 Å². The smallest absolute Gasteiger partial charge is 0.127 e. The van der Waals surface area contributed by atoms with Crippen LogP contribution in [0.5, 0.6) is 5.75 Å². The molecule has 1 aromatic heterocycles. The molecule has 0 saturated heterocycles. The molecule has 0 amide bonds. The summed E-state index contributed by atoms with van der Waals surface area (Å²) in [4.78, 5) is 3.69. The number of aryl methyl sites for hydroxylation is 3. The minimum absolute atomic E-state index is 0.0585. The first-order chi connectivity index (χ1) is 12.0. The van der Waals surface area contributed by atoms with E-state index in [9.17, 15) is 0 Å². The number of nitrogens with one attached hydrogen (secondary N) is 2. The molecule has 1 aliphatic rings. The SMILES string of the molecule is COc1c(C)cc(Cl)cc1C1NCCc2c1[nH]c1c(C)cc(C)cc21. The van der Waals surface area contributed by atoms with Crippen LogP contribution >= 0.6 is 11.6 Å². The maximum absolute atomic E-state index is 6.36. The number of aromatic amines is 1. The molecular formula is C21H23ClN2O. The Kier molecular flexibility index (Phi) is 4.01. The second kappa shape index (κ2) is 6.08. The third-order valence-electron chi connectivity index (χ3n) is 5.19. The normalized spacial score (nSPS) is 16.9. The van der Waals surface area contributed by atoms with Crippen molar-refractivity contribution < 1.29 is 4.74 Å². The topological polar surface area (TPSA) is 37.0 Å². The van der Waals surface area contributed by atoms with Crippen LogP contribution in [-0.4, -0.2) is 18.6 Å². The fraction of sp³-hybridized carbons (Fsp3) is 0.333. The Labute approximate surface area is 153 Å². The van der Waals surface area contributed by atoms with E-state index in [4.69, 9.17) is 16.3 Å². The van der Waals surface area contributed by atoms with Gasteiger partial charge in [-0.3, -0.25) is 0 Å². The van der Waals surface area contributed by atoms with Gasteiger partial charge in [0.05, 0.1) is 13.2 Å². The molecule has 130 valence electrons. The summed E-state index contributed by atoms with van der Waals surface area (Å²) in [5.74, 6) is 0.904. The Morgan fingerprint density at radius 3 is 2.64 bits per heavy atom. The minimum Gasteiger partial charge on any atom is -0.496 e. The summed E-state index contributed by atoms with van der Waals surface area (Å²) in [6, 6.07) is 8.55. The minimum atomic E-state index is 0.0585. The number of hydrogen-bond acceptors (Lipinski definition) is 2. The highest BCUT2D eigenvalue weighted by molar-refractivity contribution is 6.30. The molecule has 0 aliphatic carbocycles. The molecule has 4 heteroatoms. The summed E-state index contributed by atoms with van der Waals surface area (Å²) in [6.45, 7) is 7.31. The van der Waals surface area contributed by atoms with Crippen LogP contribution in [0.25, 0.3) is 10.9 Å². The van der Waals surface area contributed by atoms with Crippen LogP contribution in [0.4, 0.5) is 0 Å². The number of methoxy groups -OCH3 is 1. The number of fused-ring (bicyclic) bond motifs is 3. The number of benzene rings is 2. The van der Waals surface area contributed by atoms with Crippen LogP contribution in [0.3, 0.4) is 0 Å². The zero-order valence-corrected chi connectivity index (χ0v) is 15.8. The zero-order chi connectivity index (χ0) is 17.7. The van der Waals surface area contributed by atoms with E-state index in [2.05, 4.69) is 36.3 Å². The number of H-pyrrole nitrogens is 1. The highest BCUT2D eigenvalue weighted by Crippen LogP contribution is 2.40. The fourth-order valence-corrected chi connectivity index (χ4v) is 4.48. The Bertz CT molecular complexity index is 974. The highest BCUT2D eigenvalue weighted by Gasteiger charge is 2.28. The van der Waals surface area contributed by atoms with Crippen molar-refractivity contribution in [3.05, 3.63) is 62.8 Å². The molecule has 2 heterocycles. The van der Waals surface area contributed by atoms with Gasteiger partial charge in [0.2, 0.25) is 0 Å². The number of rotatable bonds is 2. The van der Waals surface area contributed by atoms with Crippen molar-refractivity contribution in [1.29, 1.82) is 0 Å². The highest BCUT2D eigenvalue weighted by atomic mass is 35.5. The van der Waals surface area contributed by atoms with Gasteiger partial charge in [0.1, 0.15) is 5.75 Å². The molecule has 25 heavy (non-hydrogen) atoms. The van der Waals surface area contributed by atoms with Crippen molar-refractivity contribution in [3.8, 4) is 5.75 Å². The van der Waals surface area contributed by atoms with Crippen molar-refractivity contribution >= 4 is 22.5 Å². The van der Waals surface area contributed by atoms with Gasteiger partial charge in [-0.15, -0.1) is 0 Å². The van der Waals surface area contributed by atoms with Crippen molar-refractivity contribution in [2.75, 3.05) is 13.7 Å². The van der Waals surface area contributed by atoms with Gasteiger partial charge in [0, 0.05) is 33.7 Å². The van der Waals surface area contributed by atoms with Crippen molar-refractivity contribution in [2.45, 2.75) is 33.2 Å². The van der Waals surface area contributed by atoms with Crippen LogP contribution in [0.2, 0.25) is 5.02 Å². The molecule has 0 fully saturated rings. The lowest BCUT2D eigenvalue weighted by Gasteiger charge is -2.27. The number of ether oxygens (including phenoxy) is 1. The van der Waals surface area contributed by atoms with E-state index < -0.39 is 0 Å². The molecule has 3 nitrogen and oxygen atoms in total. The van der Waals surface area contributed by atoms with Crippen molar-refractivity contribution in [3.63, 3.8) is 0 Å². The number of halogens is 1. The first kappa shape index (κ1) is 16.5.